The Morgan fingerprint density at radius 2 is 2.03 bits per heavy atom. The Kier molecular flexibility index (Phi) is 6.98. The lowest BCUT2D eigenvalue weighted by atomic mass is 9.99. The molecule has 0 saturated carbocycles. The van der Waals surface area contributed by atoms with E-state index in [0.717, 1.165) is 29.1 Å². The summed E-state index contributed by atoms with van der Waals surface area (Å²) >= 11 is 0. The second-order valence-electron chi connectivity index (χ2n) is 6.63. The van der Waals surface area contributed by atoms with Crippen molar-refractivity contribution in [2.75, 3.05) is 29.0 Å². The summed E-state index contributed by atoms with van der Waals surface area (Å²) in [6, 6.07) is 7.17. The van der Waals surface area contributed by atoms with Crippen LogP contribution in [0.25, 0.3) is 0 Å². The van der Waals surface area contributed by atoms with Crippen molar-refractivity contribution in [1.82, 2.24) is 25.3 Å². The summed E-state index contributed by atoms with van der Waals surface area (Å²) in [5.41, 5.74) is 3.23. The lowest BCUT2D eigenvalue weighted by molar-refractivity contribution is -0.122. The number of anilines is 4. The number of rotatable bonds is 9. The van der Waals surface area contributed by atoms with E-state index in [1.165, 1.54) is 6.92 Å². The Bertz CT molecular complexity index is 1010. The standard InChI is InChI=1S/C19H23BN8O2/c1-12(29)23-10-17(30)26-13-3-2-4-14(7-13)27-19-24-9-16(20)18(28-19)22-6-5-15-8-21-11-25-15/h2-4,7-9,11H,5-6,10,20H2,1H3,(H,21,25)(H,23,29)(H,26,30)(H2,22,24,27,28). The van der Waals surface area contributed by atoms with Crippen molar-refractivity contribution in [1.29, 1.82) is 0 Å². The van der Waals surface area contributed by atoms with Crippen LogP contribution in [0.4, 0.5) is 23.1 Å². The Hall–Kier alpha value is -3.89. The van der Waals surface area contributed by atoms with Gasteiger partial charge in [-0.15, -0.1) is 0 Å². The van der Waals surface area contributed by atoms with Gasteiger partial charge in [0.2, 0.25) is 17.8 Å². The van der Waals surface area contributed by atoms with Crippen LogP contribution in [-0.2, 0) is 16.0 Å². The van der Waals surface area contributed by atoms with Gasteiger partial charge in [-0.25, -0.2) is 9.97 Å². The molecule has 0 unspecified atom stereocenters. The third-order valence-corrected chi connectivity index (χ3v) is 4.10. The van der Waals surface area contributed by atoms with Crippen LogP contribution in [0.3, 0.4) is 0 Å². The Morgan fingerprint density at radius 3 is 2.80 bits per heavy atom. The van der Waals surface area contributed by atoms with Gasteiger partial charge in [0, 0.05) is 43.7 Å². The zero-order chi connectivity index (χ0) is 21.3. The molecule has 1 aromatic carbocycles. The summed E-state index contributed by atoms with van der Waals surface area (Å²) in [5.74, 6) is 0.607. The molecule has 2 amide bonds. The van der Waals surface area contributed by atoms with Crippen molar-refractivity contribution in [2.45, 2.75) is 13.3 Å². The van der Waals surface area contributed by atoms with E-state index in [4.69, 9.17) is 0 Å². The fourth-order valence-corrected chi connectivity index (χ4v) is 2.63. The van der Waals surface area contributed by atoms with Gasteiger partial charge in [0.1, 0.15) is 13.7 Å². The number of imidazole rings is 1. The third kappa shape index (κ3) is 6.33. The molecular weight excluding hydrogens is 383 g/mol. The van der Waals surface area contributed by atoms with Crippen molar-refractivity contribution < 1.29 is 9.59 Å². The van der Waals surface area contributed by atoms with Crippen LogP contribution in [0.5, 0.6) is 0 Å². The van der Waals surface area contributed by atoms with E-state index in [9.17, 15) is 9.59 Å². The predicted molar refractivity (Wildman–Crippen MR) is 118 cm³/mol. The van der Waals surface area contributed by atoms with Gasteiger partial charge in [0.25, 0.3) is 0 Å². The maximum Gasteiger partial charge on any atom is 0.243 e. The monoisotopic (exact) mass is 406 g/mol. The largest absolute Gasteiger partial charge is 0.370 e. The van der Waals surface area contributed by atoms with Crippen LogP contribution < -0.4 is 26.7 Å². The molecule has 0 aliphatic heterocycles. The van der Waals surface area contributed by atoms with Gasteiger partial charge >= 0.3 is 0 Å². The predicted octanol–water partition coefficient (Wildman–Crippen LogP) is -0.0691. The van der Waals surface area contributed by atoms with Crippen molar-refractivity contribution in [3.8, 4) is 0 Å². The molecule has 0 aliphatic rings. The summed E-state index contributed by atoms with van der Waals surface area (Å²) in [6.07, 6.45) is 6.04. The number of amides is 2. The van der Waals surface area contributed by atoms with Crippen molar-refractivity contribution >= 4 is 48.3 Å². The third-order valence-electron chi connectivity index (χ3n) is 4.10. The highest BCUT2D eigenvalue weighted by Crippen LogP contribution is 2.18. The first-order chi connectivity index (χ1) is 14.5. The lowest BCUT2D eigenvalue weighted by Gasteiger charge is -2.12. The van der Waals surface area contributed by atoms with Crippen LogP contribution in [0.15, 0.2) is 43.0 Å². The molecule has 0 radical (unpaired) electrons. The number of nitrogens with zero attached hydrogens (tertiary/aromatic N) is 3. The summed E-state index contributed by atoms with van der Waals surface area (Å²) in [5, 5.41) is 11.6. The molecule has 11 heteroatoms. The first kappa shape index (κ1) is 20.8. The normalized spacial score (nSPS) is 10.3. The number of aromatic amines is 1. The molecule has 2 aromatic heterocycles. The summed E-state index contributed by atoms with van der Waals surface area (Å²) in [6.45, 7) is 1.97. The number of H-pyrrole nitrogens is 1. The highest BCUT2D eigenvalue weighted by Gasteiger charge is 2.07. The van der Waals surface area contributed by atoms with Gasteiger partial charge in [-0.2, -0.15) is 4.98 Å². The molecule has 5 N–H and O–H groups in total. The Balaban J connectivity index is 1.60. The minimum absolute atomic E-state index is 0.0820. The number of carbonyl (C=O) groups is 2. The second kappa shape index (κ2) is 10.1. The maximum absolute atomic E-state index is 11.9. The molecule has 30 heavy (non-hydrogen) atoms. The summed E-state index contributed by atoms with van der Waals surface area (Å²) < 4.78 is 0. The zero-order valence-electron chi connectivity index (χ0n) is 16.8. The molecular formula is C19H23BN8O2. The first-order valence-corrected chi connectivity index (χ1v) is 9.46. The van der Waals surface area contributed by atoms with E-state index in [-0.39, 0.29) is 18.4 Å². The van der Waals surface area contributed by atoms with E-state index < -0.39 is 0 Å². The molecule has 3 rings (SSSR count). The molecule has 2 heterocycles. The fourth-order valence-electron chi connectivity index (χ4n) is 2.63. The molecule has 3 aromatic rings. The van der Waals surface area contributed by atoms with Gasteiger partial charge in [0.05, 0.1) is 18.6 Å². The number of carbonyl (C=O) groups excluding carboxylic acids is 2. The van der Waals surface area contributed by atoms with Crippen LogP contribution in [0.2, 0.25) is 0 Å². The van der Waals surface area contributed by atoms with Gasteiger partial charge in [0.15, 0.2) is 0 Å². The van der Waals surface area contributed by atoms with Gasteiger partial charge in [-0.1, -0.05) is 6.07 Å². The molecule has 0 aliphatic carbocycles. The molecule has 0 spiro atoms. The van der Waals surface area contributed by atoms with Crippen LogP contribution in [0, 0.1) is 0 Å². The fraction of sp³-hybridized carbons (Fsp3) is 0.211. The zero-order valence-corrected chi connectivity index (χ0v) is 16.8. The maximum atomic E-state index is 11.9. The first-order valence-electron chi connectivity index (χ1n) is 9.46. The van der Waals surface area contributed by atoms with Gasteiger partial charge < -0.3 is 26.3 Å². The van der Waals surface area contributed by atoms with E-state index in [0.29, 0.717) is 18.2 Å². The summed E-state index contributed by atoms with van der Waals surface area (Å²) in [4.78, 5) is 38.8. The average Bonchev–Trinajstić information content (AvgIpc) is 3.22. The Labute approximate surface area is 174 Å². The van der Waals surface area contributed by atoms with E-state index in [1.807, 2.05) is 20.1 Å². The number of hydrogen-bond acceptors (Lipinski definition) is 7. The van der Waals surface area contributed by atoms with Crippen molar-refractivity contribution in [3.63, 3.8) is 0 Å². The smallest absolute Gasteiger partial charge is 0.243 e. The SMILES string of the molecule is Bc1cnc(Nc2cccc(NC(=O)CNC(C)=O)c2)nc1NCCc1c[nH]cn1. The highest BCUT2D eigenvalue weighted by molar-refractivity contribution is 6.35. The van der Waals surface area contributed by atoms with Crippen LogP contribution >= 0.6 is 0 Å². The number of nitrogens with one attached hydrogen (secondary N) is 5. The van der Waals surface area contributed by atoms with Gasteiger partial charge in [-0.3, -0.25) is 9.59 Å². The van der Waals surface area contributed by atoms with Crippen LogP contribution in [0.1, 0.15) is 12.6 Å². The Morgan fingerprint density at radius 1 is 1.20 bits per heavy atom. The minimum Gasteiger partial charge on any atom is -0.370 e. The highest BCUT2D eigenvalue weighted by atomic mass is 16.2. The molecule has 0 fully saturated rings. The molecule has 0 bridgehead atoms. The summed E-state index contributed by atoms with van der Waals surface area (Å²) in [7, 11) is 1.94. The number of aromatic nitrogens is 4. The van der Waals surface area contributed by atoms with E-state index >= 15 is 0 Å². The van der Waals surface area contributed by atoms with Crippen molar-refractivity contribution in [3.05, 3.63) is 48.7 Å². The minimum atomic E-state index is -0.308. The number of benzene rings is 1. The topological polar surface area (TPSA) is 137 Å². The quantitative estimate of drug-likeness (QED) is 0.314. The number of hydrogen-bond donors (Lipinski definition) is 5. The lowest BCUT2D eigenvalue weighted by Crippen LogP contribution is -2.31. The molecule has 154 valence electrons. The second-order valence-corrected chi connectivity index (χ2v) is 6.63. The van der Waals surface area contributed by atoms with E-state index in [2.05, 4.69) is 41.2 Å². The molecule has 0 atom stereocenters. The van der Waals surface area contributed by atoms with E-state index in [1.54, 1.807) is 30.7 Å². The molecule has 10 nitrogen and oxygen atoms in total. The van der Waals surface area contributed by atoms with Crippen LogP contribution in [-0.4, -0.2) is 52.7 Å². The molecule has 0 saturated heterocycles. The average molecular weight is 406 g/mol. The van der Waals surface area contributed by atoms with Gasteiger partial charge in [-0.05, 0) is 23.7 Å². The van der Waals surface area contributed by atoms with Crippen molar-refractivity contribution in [2.24, 2.45) is 0 Å².